The van der Waals surface area contributed by atoms with Crippen LogP contribution in [0.4, 0.5) is 0 Å². The zero-order valence-electron chi connectivity index (χ0n) is 13.5. The summed E-state index contributed by atoms with van der Waals surface area (Å²) < 4.78 is 5.16. The van der Waals surface area contributed by atoms with E-state index in [-0.39, 0.29) is 11.0 Å². The maximum absolute atomic E-state index is 9.10. The molecule has 0 saturated heterocycles. The maximum atomic E-state index is 9.10. The van der Waals surface area contributed by atoms with E-state index in [1.165, 1.54) is 0 Å². The van der Waals surface area contributed by atoms with Gasteiger partial charge in [0, 0.05) is 12.1 Å². The number of ether oxygens (including phenoxy) is 1. The summed E-state index contributed by atoms with van der Waals surface area (Å²) in [5, 5.41) is 12.7. The molecule has 3 nitrogen and oxygen atoms in total. The summed E-state index contributed by atoms with van der Waals surface area (Å²) in [4.78, 5) is 0. The van der Waals surface area contributed by atoms with Crippen LogP contribution in [0.3, 0.4) is 0 Å². The molecule has 0 spiro atoms. The van der Waals surface area contributed by atoms with Gasteiger partial charge in [-0.2, -0.15) is 5.26 Å². The van der Waals surface area contributed by atoms with Gasteiger partial charge in [-0.1, -0.05) is 26.8 Å². The van der Waals surface area contributed by atoms with E-state index < -0.39 is 0 Å². The highest BCUT2D eigenvalue weighted by atomic mass is 16.5. The molecule has 3 heteroatoms. The van der Waals surface area contributed by atoms with E-state index in [4.69, 9.17) is 10.00 Å². The van der Waals surface area contributed by atoms with Crippen LogP contribution < -0.4 is 10.1 Å². The first-order valence-corrected chi connectivity index (χ1v) is 6.99. The molecular formula is C17H26N2O. The Labute approximate surface area is 123 Å². The van der Waals surface area contributed by atoms with Crippen molar-refractivity contribution < 1.29 is 4.74 Å². The number of benzene rings is 1. The van der Waals surface area contributed by atoms with Crippen LogP contribution in [0.1, 0.15) is 52.2 Å². The summed E-state index contributed by atoms with van der Waals surface area (Å²) in [6.07, 6.45) is 1.08. The van der Waals surface area contributed by atoms with E-state index >= 15 is 0 Å². The van der Waals surface area contributed by atoms with E-state index in [2.05, 4.69) is 46.0 Å². The number of nitrogens with one attached hydrogen (secondary N) is 1. The van der Waals surface area contributed by atoms with Gasteiger partial charge in [0.25, 0.3) is 0 Å². The van der Waals surface area contributed by atoms with Crippen LogP contribution in [0.15, 0.2) is 18.2 Å². The van der Waals surface area contributed by atoms with Crippen LogP contribution in [0.5, 0.6) is 5.75 Å². The average molecular weight is 274 g/mol. The van der Waals surface area contributed by atoms with Crippen LogP contribution in [-0.2, 0) is 6.54 Å². The Morgan fingerprint density at radius 2 is 1.85 bits per heavy atom. The Kier molecular flexibility index (Phi) is 5.19. The highest BCUT2D eigenvalue weighted by Crippen LogP contribution is 2.27. The molecule has 0 atom stereocenters. The summed E-state index contributed by atoms with van der Waals surface area (Å²) in [6, 6.07) is 7.91. The molecule has 0 heterocycles. The highest BCUT2D eigenvalue weighted by molar-refractivity contribution is 5.45. The molecule has 0 aliphatic rings. The molecule has 0 bridgehead atoms. The van der Waals surface area contributed by atoms with E-state index in [1.807, 2.05) is 18.2 Å². The van der Waals surface area contributed by atoms with Crippen LogP contribution >= 0.6 is 0 Å². The van der Waals surface area contributed by atoms with Gasteiger partial charge in [0.1, 0.15) is 11.8 Å². The quantitative estimate of drug-likeness (QED) is 0.886. The number of rotatable bonds is 5. The second-order valence-corrected chi connectivity index (χ2v) is 7.12. The van der Waals surface area contributed by atoms with Crippen LogP contribution in [0.2, 0.25) is 0 Å². The molecule has 0 unspecified atom stereocenters. The van der Waals surface area contributed by atoms with Crippen molar-refractivity contribution >= 4 is 0 Å². The summed E-state index contributed by atoms with van der Waals surface area (Å²) in [5.41, 5.74) is 2.03. The molecule has 0 saturated carbocycles. The molecule has 0 aromatic heterocycles. The first kappa shape index (κ1) is 16.5. The summed E-state index contributed by atoms with van der Waals surface area (Å²) in [6.45, 7) is 11.9. The van der Waals surface area contributed by atoms with Gasteiger partial charge in [0.2, 0.25) is 0 Å². The number of hydrogen-bond donors (Lipinski definition) is 1. The van der Waals surface area contributed by atoms with Crippen molar-refractivity contribution in [2.24, 2.45) is 5.41 Å². The fourth-order valence-electron chi connectivity index (χ4n) is 2.68. The third-order valence-corrected chi connectivity index (χ3v) is 3.13. The van der Waals surface area contributed by atoms with Crippen molar-refractivity contribution in [3.8, 4) is 11.8 Å². The Hall–Kier alpha value is -1.53. The molecular weight excluding hydrogens is 248 g/mol. The summed E-state index contributed by atoms with van der Waals surface area (Å²) in [5.74, 6) is 0.630. The number of methoxy groups -OCH3 is 1. The number of hydrogen-bond acceptors (Lipinski definition) is 3. The van der Waals surface area contributed by atoms with E-state index in [0.29, 0.717) is 11.3 Å². The topological polar surface area (TPSA) is 45.0 Å². The van der Waals surface area contributed by atoms with Gasteiger partial charge in [-0.3, -0.25) is 0 Å². The zero-order valence-corrected chi connectivity index (χ0v) is 13.5. The molecule has 0 fully saturated rings. The first-order chi connectivity index (χ1) is 9.17. The molecule has 1 N–H and O–H groups in total. The molecule has 20 heavy (non-hydrogen) atoms. The molecule has 1 aromatic rings. The van der Waals surface area contributed by atoms with Gasteiger partial charge < -0.3 is 10.1 Å². The van der Waals surface area contributed by atoms with Crippen molar-refractivity contribution in [1.29, 1.82) is 5.26 Å². The zero-order chi connectivity index (χ0) is 15.4. The first-order valence-electron chi connectivity index (χ1n) is 6.99. The fourth-order valence-corrected chi connectivity index (χ4v) is 2.68. The predicted octanol–water partition coefficient (Wildman–Crippen LogP) is 3.87. The van der Waals surface area contributed by atoms with E-state index in [0.717, 1.165) is 18.5 Å². The predicted molar refractivity (Wildman–Crippen MR) is 82.7 cm³/mol. The molecule has 1 aromatic carbocycles. The Morgan fingerprint density at radius 1 is 1.20 bits per heavy atom. The molecule has 0 aliphatic carbocycles. The van der Waals surface area contributed by atoms with Crippen molar-refractivity contribution in [3.63, 3.8) is 0 Å². The minimum Gasteiger partial charge on any atom is -0.495 e. The lowest BCUT2D eigenvalue weighted by Gasteiger charge is -2.33. The lowest BCUT2D eigenvalue weighted by molar-refractivity contribution is 0.240. The lowest BCUT2D eigenvalue weighted by Crippen LogP contribution is -2.41. The SMILES string of the molecule is COc1ccc(CNC(C)(C)CC(C)(C)C)cc1C#N. The van der Waals surface area contributed by atoms with Crippen LogP contribution in [-0.4, -0.2) is 12.6 Å². The normalized spacial score (nSPS) is 12.1. The molecule has 0 radical (unpaired) electrons. The minimum absolute atomic E-state index is 0.0605. The van der Waals surface area contributed by atoms with Crippen LogP contribution in [0.25, 0.3) is 0 Å². The third kappa shape index (κ3) is 5.22. The summed E-state index contributed by atoms with van der Waals surface area (Å²) in [7, 11) is 1.58. The molecule has 0 amide bonds. The smallest absolute Gasteiger partial charge is 0.136 e. The van der Waals surface area contributed by atoms with E-state index in [9.17, 15) is 0 Å². The Bertz CT molecular complexity index is 493. The molecule has 0 aliphatic heterocycles. The minimum atomic E-state index is 0.0605. The van der Waals surface area contributed by atoms with Crippen molar-refractivity contribution in [2.45, 2.75) is 53.1 Å². The van der Waals surface area contributed by atoms with Crippen molar-refractivity contribution in [2.75, 3.05) is 7.11 Å². The van der Waals surface area contributed by atoms with Crippen molar-refractivity contribution in [3.05, 3.63) is 29.3 Å². The second-order valence-electron chi connectivity index (χ2n) is 7.12. The fraction of sp³-hybridized carbons (Fsp3) is 0.588. The van der Waals surface area contributed by atoms with Crippen molar-refractivity contribution in [1.82, 2.24) is 5.32 Å². The third-order valence-electron chi connectivity index (χ3n) is 3.13. The largest absolute Gasteiger partial charge is 0.495 e. The van der Waals surface area contributed by atoms with E-state index in [1.54, 1.807) is 7.11 Å². The van der Waals surface area contributed by atoms with Gasteiger partial charge in [-0.05, 0) is 43.4 Å². The van der Waals surface area contributed by atoms with Gasteiger partial charge in [0.15, 0.2) is 0 Å². The monoisotopic (exact) mass is 274 g/mol. The Balaban J connectivity index is 2.73. The van der Waals surface area contributed by atoms with Crippen LogP contribution in [0, 0.1) is 16.7 Å². The van der Waals surface area contributed by atoms with Gasteiger partial charge in [-0.15, -0.1) is 0 Å². The average Bonchev–Trinajstić information content (AvgIpc) is 2.33. The van der Waals surface area contributed by atoms with Gasteiger partial charge >= 0.3 is 0 Å². The number of nitriles is 1. The number of nitrogens with zero attached hydrogens (tertiary/aromatic N) is 1. The lowest BCUT2D eigenvalue weighted by atomic mass is 9.82. The molecule has 1 rings (SSSR count). The van der Waals surface area contributed by atoms with Gasteiger partial charge in [0.05, 0.1) is 12.7 Å². The second kappa shape index (κ2) is 6.28. The standard InChI is InChI=1S/C17H26N2O/c1-16(2,3)12-17(4,5)19-11-13-7-8-15(20-6)14(9-13)10-18/h7-9,19H,11-12H2,1-6H3. The molecule has 110 valence electrons. The maximum Gasteiger partial charge on any atom is 0.136 e. The summed E-state index contributed by atoms with van der Waals surface area (Å²) >= 11 is 0. The highest BCUT2D eigenvalue weighted by Gasteiger charge is 2.24. The Morgan fingerprint density at radius 3 is 2.35 bits per heavy atom. The van der Waals surface area contributed by atoms with Gasteiger partial charge in [-0.25, -0.2) is 0 Å².